The van der Waals surface area contributed by atoms with Gasteiger partial charge in [0.2, 0.25) is 11.8 Å². The smallest absolute Gasteiger partial charge is 0.269 e. The molecule has 0 spiro atoms. The second-order valence-corrected chi connectivity index (χ2v) is 6.76. The van der Waals surface area contributed by atoms with Crippen molar-refractivity contribution in [3.63, 3.8) is 0 Å². The Labute approximate surface area is 138 Å². The normalized spacial score (nSPS) is 16.1. The van der Waals surface area contributed by atoms with Crippen LogP contribution in [0.15, 0.2) is 29.2 Å². The molecule has 1 atom stereocenters. The number of thioether (sulfide) groups is 1. The molecular formula is C15H19N3O4S. The lowest BCUT2D eigenvalue weighted by atomic mass is 10.3. The largest absolute Gasteiger partial charge is 0.339 e. The van der Waals surface area contributed by atoms with Gasteiger partial charge >= 0.3 is 0 Å². The van der Waals surface area contributed by atoms with Crippen molar-refractivity contribution in [2.24, 2.45) is 0 Å². The van der Waals surface area contributed by atoms with Crippen LogP contribution < -0.4 is 0 Å². The van der Waals surface area contributed by atoms with E-state index in [1.807, 2.05) is 6.92 Å². The molecule has 0 radical (unpaired) electrons. The van der Waals surface area contributed by atoms with Crippen LogP contribution in [0.1, 0.15) is 13.8 Å². The molecule has 0 aromatic heterocycles. The van der Waals surface area contributed by atoms with Crippen molar-refractivity contribution in [2.75, 3.05) is 26.2 Å². The predicted octanol–water partition coefficient (Wildman–Crippen LogP) is 1.77. The van der Waals surface area contributed by atoms with Gasteiger partial charge < -0.3 is 9.80 Å². The molecule has 1 aromatic carbocycles. The number of hydrogen-bond donors (Lipinski definition) is 0. The number of amides is 2. The number of carbonyl (C=O) groups excluding carboxylic acids is 2. The minimum absolute atomic E-state index is 0.0246. The zero-order valence-electron chi connectivity index (χ0n) is 13.1. The molecule has 2 amide bonds. The van der Waals surface area contributed by atoms with Gasteiger partial charge in [-0.15, -0.1) is 11.8 Å². The van der Waals surface area contributed by atoms with E-state index in [0.29, 0.717) is 26.2 Å². The molecule has 1 heterocycles. The molecule has 2 rings (SSSR count). The molecule has 23 heavy (non-hydrogen) atoms. The maximum absolute atomic E-state index is 12.4. The number of nitro groups is 1. The van der Waals surface area contributed by atoms with E-state index in [9.17, 15) is 19.7 Å². The van der Waals surface area contributed by atoms with E-state index < -0.39 is 4.92 Å². The van der Waals surface area contributed by atoms with E-state index in [4.69, 9.17) is 0 Å². The van der Waals surface area contributed by atoms with Gasteiger partial charge in [0.25, 0.3) is 5.69 Å². The highest BCUT2D eigenvalue weighted by atomic mass is 32.2. The Morgan fingerprint density at radius 2 is 1.65 bits per heavy atom. The summed E-state index contributed by atoms with van der Waals surface area (Å²) in [5, 5.41) is 10.4. The van der Waals surface area contributed by atoms with Crippen LogP contribution in [-0.2, 0) is 9.59 Å². The fourth-order valence-corrected chi connectivity index (χ4v) is 3.35. The van der Waals surface area contributed by atoms with E-state index >= 15 is 0 Å². The van der Waals surface area contributed by atoms with Crippen LogP contribution in [0.3, 0.4) is 0 Å². The summed E-state index contributed by atoms with van der Waals surface area (Å²) in [6, 6.07) is 6.18. The van der Waals surface area contributed by atoms with Gasteiger partial charge in [-0.1, -0.05) is 0 Å². The minimum atomic E-state index is -0.447. The van der Waals surface area contributed by atoms with E-state index in [-0.39, 0.29) is 22.8 Å². The van der Waals surface area contributed by atoms with Crippen LogP contribution in [0.25, 0.3) is 0 Å². The Balaban J connectivity index is 1.90. The highest BCUT2D eigenvalue weighted by molar-refractivity contribution is 8.00. The van der Waals surface area contributed by atoms with Crippen molar-refractivity contribution in [3.8, 4) is 0 Å². The molecule has 1 fully saturated rings. The van der Waals surface area contributed by atoms with E-state index in [1.54, 1.807) is 21.9 Å². The van der Waals surface area contributed by atoms with Crippen molar-refractivity contribution in [3.05, 3.63) is 34.4 Å². The maximum Gasteiger partial charge on any atom is 0.269 e. The fourth-order valence-electron chi connectivity index (χ4n) is 2.40. The number of hydrogen-bond acceptors (Lipinski definition) is 5. The quantitative estimate of drug-likeness (QED) is 0.475. The zero-order valence-corrected chi connectivity index (χ0v) is 13.9. The molecule has 1 aromatic rings. The fraction of sp³-hybridized carbons (Fsp3) is 0.467. The summed E-state index contributed by atoms with van der Waals surface area (Å²) in [7, 11) is 0. The third-order valence-corrected chi connectivity index (χ3v) is 4.84. The second-order valence-electron chi connectivity index (χ2n) is 5.34. The Morgan fingerprint density at radius 1 is 1.13 bits per heavy atom. The number of nitro benzene ring substituents is 1. The standard InChI is InChI=1S/C15H19N3O4S/c1-11(23-14-5-3-13(4-6-14)18(21)22)15(20)17-9-7-16(8-10-17)12(2)19/h3-6,11H,7-10H2,1-2H3. The topological polar surface area (TPSA) is 83.8 Å². The van der Waals surface area contributed by atoms with Crippen molar-refractivity contribution in [2.45, 2.75) is 24.0 Å². The summed E-state index contributed by atoms with van der Waals surface area (Å²) in [5.74, 6) is 0.0574. The Bertz CT molecular complexity index is 597. The molecule has 1 unspecified atom stereocenters. The number of rotatable bonds is 4. The molecule has 0 bridgehead atoms. The summed E-state index contributed by atoms with van der Waals surface area (Å²) in [4.78, 5) is 38.2. The highest BCUT2D eigenvalue weighted by Gasteiger charge is 2.26. The van der Waals surface area contributed by atoms with Gasteiger partial charge in [0.1, 0.15) is 0 Å². The van der Waals surface area contributed by atoms with Crippen LogP contribution in [-0.4, -0.2) is 58.0 Å². The van der Waals surface area contributed by atoms with Gasteiger partial charge in [-0.25, -0.2) is 0 Å². The zero-order chi connectivity index (χ0) is 17.0. The average molecular weight is 337 g/mol. The van der Waals surface area contributed by atoms with Crippen LogP contribution in [0.2, 0.25) is 0 Å². The molecule has 1 saturated heterocycles. The lowest BCUT2D eigenvalue weighted by Gasteiger charge is -2.35. The summed E-state index contributed by atoms with van der Waals surface area (Å²) < 4.78 is 0. The Morgan fingerprint density at radius 3 is 2.13 bits per heavy atom. The summed E-state index contributed by atoms with van der Waals surface area (Å²) in [6.07, 6.45) is 0. The van der Waals surface area contributed by atoms with Crippen LogP contribution in [0, 0.1) is 10.1 Å². The number of piperazine rings is 1. The lowest BCUT2D eigenvalue weighted by molar-refractivity contribution is -0.384. The molecule has 7 nitrogen and oxygen atoms in total. The van der Waals surface area contributed by atoms with Gasteiger partial charge in [-0.2, -0.15) is 0 Å². The number of nitrogens with zero attached hydrogens (tertiary/aromatic N) is 3. The molecule has 1 aliphatic heterocycles. The summed E-state index contributed by atoms with van der Waals surface area (Å²) >= 11 is 1.38. The molecular weight excluding hydrogens is 318 g/mol. The minimum Gasteiger partial charge on any atom is -0.339 e. The number of carbonyl (C=O) groups is 2. The maximum atomic E-state index is 12.4. The SMILES string of the molecule is CC(=O)N1CCN(C(=O)C(C)Sc2ccc([N+](=O)[O-])cc2)CC1. The van der Waals surface area contributed by atoms with Crippen LogP contribution >= 0.6 is 11.8 Å². The number of benzene rings is 1. The first kappa shape index (κ1) is 17.3. The molecule has 124 valence electrons. The average Bonchev–Trinajstić information content (AvgIpc) is 2.54. The molecule has 0 N–H and O–H groups in total. The van der Waals surface area contributed by atoms with Crippen LogP contribution in [0.4, 0.5) is 5.69 Å². The second kappa shape index (κ2) is 7.45. The molecule has 0 aliphatic carbocycles. The van der Waals surface area contributed by atoms with Crippen molar-refractivity contribution < 1.29 is 14.5 Å². The first-order valence-corrected chi connectivity index (χ1v) is 8.22. The Hall–Kier alpha value is -2.09. The summed E-state index contributed by atoms with van der Waals surface area (Å²) in [6.45, 7) is 5.58. The first-order chi connectivity index (χ1) is 10.9. The number of non-ortho nitro benzene ring substituents is 1. The molecule has 1 aliphatic rings. The van der Waals surface area contributed by atoms with Gasteiger partial charge in [0.15, 0.2) is 0 Å². The van der Waals surface area contributed by atoms with Gasteiger partial charge in [0, 0.05) is 50.1 Å². The monoisotopic (exact) mass is 337 g/mol. The van der Waals surface area contributed by atoms with Gasteiger partial charge in [-0.05, 0) is 19.1 Å². The van der Waals surface area contributed by atoms with E-state index in [2.05, 4.69) is 0 Å². The predicted molar refractivity (Wildman–Crippen MR) is 87.2 cm³/mol. The summed E-state index contributed by atoms with van der Waals surface area (Å²) in [5.41, 5.74) is 0.0358. The van der Waals surface area contributed by atoms with Crippen molar-refractivity contribution in [1.82, 2.24) is 9.80 Å². The van der Waals surface area contributed by atoms with E-state index in [1.165, 1.54) is 30.8 Å². The lowest BCUT2D eigenvalue weighted by Crippen LogP contribution is -2.51. The molecule has 0 saturated carbocycles. The van der Waals surface area contributed by atoms with Gasteiger partial charge in [0.05, 0.1) is 10.2 Å². The van der Waals surface area contributed by atoms with E-state index in [0.717, 1.165) is 4.90 Å². The van der Waals surface area contributed by atoms with Gasteiger partial charge in [-0.3, -0.25) is 19.7 Å². The first-order valence-electron chi connectivity index (χ1n) is 7.34. The Kier molecular flexibility index (Phi) is 5.59. The van der Waals surface area contributed by atoms with Crippen molar-refractivity contribution >= 4 is 29.3 Å². The highest BCUT2D eigenvalue weighted by Crippen LogP contribution is 2.26. The third-order valence-electron chi connectivity index (χ3n) is 3.74. The van der Waals surface area contributed by atoms with Crippen LogP contribution in [0.5, 0.6) is 0 Å². The molecule has 8 heteroatoms. The third kappa shape index (κ3) is 4.44. The van der Waals surface area contributed by atoms with Crippen molar-refractivity contribution in [1.29, 1.82) is 0 Å².